The molecule has 0 fully saturated rings. The van der Waals surface area contributed by atoms with E-state index in [1.165, 1.54) is 12.1 Å². The third-order valence-electron chi connectivity index (χ3n) is 2.49. The first-order valence-electron chi connectivity index (χ1n) is 5.43. The zero-order valence-corrected chi connectivity index (χ0v) is 12.4. The van der Waals surface area contributed by atoms with Gasteiger partial charge in [-0.25, -0.2) is 12.8 Å². The molecule has 0 saturated heterocycles. The van der Waals surface area contributed by atoms with Crippen LogP contribution in [-0.4, -0.2) is 8.42 Å². The van der Waals surface area contributed by atoms with Crippen LogP contribution in [0.4, 0.5) is 10.1 Å². The van der Waals surface area contributed by atoms with E-state index in [1.54, 1.807) is 12.1 Å². The number of aryl methyl sites for hydroxylation is 1. The third kappa shape index (κ3) is 3.33. The molecule has 3 nitrogen and oxygen atoms in total. The average molecular weight is 344 g/mol. The summed E-state index contributed by atoms with van der Waals surface area (Å²) >= 11 is 3.30. The lowest BCUT2D eigenvalue weighted by Crippen LogP contribution is -2.13. The molecule has 0 unspecified atom stereocenters. The first-order valence-corrected chi connectivity index (χ1v) is 7.71. The van der Waals surface area contributed by atoms with E-state index in [1.807, 2.05) is 13.0 Å². The maximum absolute atomic E-state index is 12.8. The van der Waals surface area contributed by atoms with Crippen LogP contribution in [0, 0.1) is 12.7 Å². The monoisotopic (exact) mass is 343 g/mol. The number of hydrogen-bond acceptors (Lipinski definition) is 2. The Hall–Kier alpha value is -1.40. The number of benzene rings is 2. The van der Waals surface area contributed by atoms with Crippen molar-refractivity contribution >= 4 is 31.6 Å². The minimum atomic E-state index is -3.71. The van der Waals surface area contributed by atoms with Crippen molar-refractivity contribution in [2.24, 2.45) is 0 Å². The van der Waals surface area contributed by atoms with Gasteiger partial charge >= 0.3 is 0 Å². The molecule has 0 bridgehead atoms. The highest BCUT2D eigenvalue weighted by molar-refractivity contribution is 9.10. The molecule has 2 rings (SSSR count). The number of hydrogen-bond donors (Lipinski definition) is 1. The maximum Gasteiger partial charge on any atom is 0.261 e. The SMILES string of the molecule is Cc1ccc(NS(=O)(=O)c2ccc(F)cc2)c(Br)c1. The van der Waals surface area contributed by atoms with E-state index in [4.69, 9.17) is 0 Å². The molecule has 0 aliphatic heterocycles. The Bertz CT molecular complexity index is 699. The smallest absolute Gasteiger partial charge is 0.261 e. The molecule has 2 aromatic carbocycles. The third-order valence-corrected chi connectivity index (χ3v) is 4.53. The molecule has 0 aromatic heterocycles. The first-order chi connectivity index (χ1) is 8.88. The summed E-state index contributed by atoms with van der Waals surface area (Å²) in [6.45, 7) is 1.91. The van der Waals surface area contributed by atoms with Gasteiger partial charge in [0.1, 0.15) is 5.82 Å². The minimum absolute atomic E-state index is 0.0152. The Balaban J connectivity index is 2.33. The molecule has 0 aliphatic rings. The molecule has 2 aromatic rings. The fourth-order valence-corrected chi connectivity index (χ4v) is 3.32. The van der Waals surface area contributed by atoms with E-state index in [9.17, 15) is 12.8 Å². The molecule has 0 aliphatic carbocycles. The zero-order valence-electron chi connectivity index (χ0n) is 10.0. The summed E-state index contributed by atoms with van der Waals surface area (Å²) in [4.78, 5) is 0.0152. The number of halogens is 2. The summed E-state index contributed by atoms with van der Waals surface area (Å²) in [5, 5.41) is 0. The predicted molar refractivity (Wildman–Crippen MR) is 76.1 cm³/mol. The van der Waals surface area contributed by atoms with Crippen molar-refractivity contribution < 1.29 is 12.8 Å². The van der Waals surface area contributed by atoms with Gasteiger partial charge in [0.25, 0.3) is 10.0 Å². The van der Waals surface area contributed by atoms with Crippen LogP contribution in [0.5, 0.6) is 0 Å². The summed E-state index contributed by atoms with van der Waals surface area (Å²) in [5.74, 6) is -0.476. The second kappa shape index (κ2) is 5.30. The Kier molecular flexibility index (Phi) is 3.91. The second-order valence-corrected chi connectivity index (χ2v) is 6.58. The van der Waals surface area contributed by atoms with Crippen LogP contribution < -0.4 is 4.72 Å². The Morgan fingerprint density at radius 2 is 1.74 bits per heavy atom. The molecular formula is C13H11BrFNO2S. The van der Waals surface area contributed by atoms with E-state index in [0.29, 0.717) is 10.2 Å². The second-order valence-electron chi connectivity index (χ2n) is 4.04. The number of anilines is 1. The molecule has 0 spiro atoms. The molecule has 0 amide bonds. The molecule has 100 valence electrons. The quantitative estimate of drug-likeness (QED) is 0.923. The standard InChI is InChI=1S/C13H11BrFNO2S/c1-9-2-7-13(12(14)8-9)16-19(17,18)11-5-3-10(15)4-6-11/h2-8,16H,1H3. The van der Waals surface area contributed by atoms with Gasteiger partial charge in [-0.05, 0) is 64.8 Å². The van der Waals surface area contributed by atoms with Crippen molar-refractivity contribution in [3.8, 4) is 0 Å². The van der Waals surface area contributed by atoms with Crippen molar-refractivity contribution in [2.45, 2.75) is 11.8 Å². The minimum Gasteiger partial charge on any atom is -0.278 e. The van der Waals surface area contributed by atoms with Gasteiger partial charge in [0.2, 0.25) is 0 Å². The highest BCUT2D eigenvalue weighted by Crippen LogP contribution is 2.26. The number of sulfonamides is 1. The van der Waals surface area contributed by atoms with E-state index in [2.05, 4.69) is 20.7 Å². The molecule has 19 heavy (non-hydrogen) atoms. The van der Waals surface area contributed by atoms with Crippen molar-refractivity contribution in [3.63, 3.8) is 0 Å². The summed E-state index contributed by atoms with van der Waals surface area (Å²) in [7, 11) is -3.71. The number of rotatable bonds is 3. The van der Waals surface area contributed by atoms with Crippen LogP contribution in [0.2, 0.25) is 0 Å². The lowest BCUT2D eigenvalue weighted by atomic mass is 10.2. The van der Waals surface area contributed by atoms with Gasteiger partial charge in [0.05, 0.1) is 10.6 Å². The zero-order chi connectivity index (χ0) is 14.0. The van der Waals surface area contributed by atoms with Gasteiger partial charge in [-0.3, -0.25) is 4.72 Å². The van der Waals surface area contributed by atoms with Gasteiger partial charge in [0, 0.05) is 4.47 Å². The van der Waals surface area contributed by atoms with Gasteiger partial charge in [0.15, 0.2) is 0 Å². The highest BCUT2D eigenvalue weighted by Gasteiger charge is 2.15. The molecular weight excluding hydrogens is 333 g/mol. The largest absolute Gasteiger partial charge is 0.278 e. The molecule has 0 heterocycles. The average Bonchev–Trinajstić information content (AvgIpc) is 2.33. The molecule has 0 atom stereocenters. The molecule has 6 heteroatoms. The van der Waals surface area contributed by atoms with Crippen molar-refractivity contribution in [2.75, 3.05) is 4.72 Å². The molecule has 0 radical (unpaired) electrons. The summed E-state index contributed by atoms with van der Waals surface area (Å²) in [5.41, 5.74) is 1.45. The summed E-state index contributed by atoms with van der Waals surface area (Å²) in [6, 6.07) is 9.94. The number of nitrogens with one attached hydrogen (secondary N) is 1. The van der Waals surface area contributed by atoms with Crippen LogP contribution in [0.3, 0.4) is 0 Å². The van der Waals surface area contributed by atoms with Gasteiger partial charge in [-0.2, -0.15) is 0 Å². The highest BCUT2D eigenvalue weighted by atomic mass is 79.9. The predicted octanol–water partition coefficient (Wildman–Crippen LogP) is 3.70. The molecule has 1 N–H and O–H groups in total. The van der Waals surface area contributed by atoms with E-state index in [0.717, 1.165) is 17.7 Å². The maximum atomic E-state index is 12.8. The van der Waals surface area contributed by atoms with Gasteiger partial charge in [-0.15, -0.1) is 0 Å². The summed E-state index contributed by atoms with van der Waals surface area (Å²) < 4.78 is 40.1. The Labute approximate surface area is 119 Å². The lowest BCUT2D eigenvalue weighted by molar-refractivity contribution is 0.599. The van der Waals surface area contributed by atoms with E-state index >= 15 is 0 Å². The van der Waals surface area contributed by atoms with Crippen LogP contribution in [0.1, 0.15) is 5.56 Å². The van der Waals surface area contributed by atoms with Gasteiger partial charge < -0.3 is 0 Å². The van der Waals surface area contributed by atoms with Crippen molar-refractivity contribution in [1.82, 2.24) is 0 Å². The fraction of sp³-hybridized carbons (Fsp3) is 0.0769. The fourth-order valence-electron chi connectivity index (χ4n) is 1.52. The van der Waals surface area contributed by atoms with Crippen LogP contribution in [0.25, 0.3) is 0 Å². The van der Waals surface area contributed by atoms with E-state index < -0.39 is 15.8 Å². The van der Waals surface area contributed by atoms with Crippen LogP contribution >= 0.6 is 15.9 Å². The topological polar surface area (TPSA) is 46.2 Å². The van der Waals surface area contributed by atoms with Crippen LogP contribution in [-0.2, 0) is 10.0 Å². The van der Waals surface area contributed by atoms with Crippen LogP contribution in [0.15, 0.2) is 51.8 Å². The van der Waals surface area contributed by atoms with Crippen molar-refractivity contribution in [1.29, 1.82) is 0 Å². The lowest BCUT2D eigenvalue weighted by Gasteiger charge is -2.10. The first kappa shape index (κ1) is 14.0. The van der Waals surface area contributed by atoms with Gasteiger partial charge in [-0.1, -0.05) is 6.07 Å². The molecule has 0 saturated carbocycles. The summed E-state index contributed by atoms with van der Waals surface area (Å²) in [6.07, 6.45) is 0. The normalized spacial score (nSPS) is 11.3. The Morgan fingerprint density at radius 1 is 1.11 bits per heavy atom. The van der Waals surface area contributed by atoms with E-state index in [-0.39, 0.29) is 4.90 Å². The van der Waals surface area contributed by atoms with Crippen molar-refractivity contribution in [3.05, 3.63) is 58.3 Å². The Morgan fingerprint density at radius 3 is 2.32 bits per heavy atom.